The van der Waals surface area contributed by atoms with Crippen LogP contribution in [0.1, 0.15) is 53.4 Å². The fraction of sp³-hybridized carbons (Fsp3) is 0.857. The monoisotopic (exact) mass is 269 g/mol. The largest absolute Gasteiger partial charge is 0.390 e. The molecular weight excluding hydrogens is 242 g/mol. The number of hydrogen-bond acceptors (Lipinski definition) is 4. The Kier molecular flexibility index (Phi) is 5.50. The average molecular weight is 269 g/mol. The molecule has 1 N–H and O–H groups in total. The quantitative estimate of drug-likeness (QED) is 0.860. The van der Waals surface area contributed by atoms with Crippen molar-refractivity contribution in [1.82, 2.24) is 14.8 Å². The van der Waals surface area contributed by atoms with Gasteiger partial charge in [0.15, 0.2) is 0 Å². The lowest BCUT2D eigenvalue weighted by Gasteiger charge is -2.34. The van der Waals surface area contributed by atoms with Crippen LogP contribution in [0.5, 0.6) is 0 Å². The van der Waals surface area contributed by atoms with Gasteiger partial charge >= 0.3 is 0 Å². The maximum Gasteiger partial charge on any atom is 0.138 e. The van der Waals surface area contributed by atoms with E-state index in [0.29, 0.717) is 13.0 Å². The van der Waals surface area contributed by atoms with Crippen LogP contribution in [0.25, 0.3) is 0 Å². The van der Waals surface area contributed by atoms with E-state index in [2.05, 4.69) is 30.9 Å². The molecule has 0 aliphatic carbocycles. The van der Waals surface area contributed by atoms with Crippen LogP contribution in [0, 0.1) is 5.41 Å². The normalized spacial score (nSPS) is 15.8. The maximum atomic E-state index is 10.4. The number of rotatable bonds is 6. The van der Waals surface area contributed by atoms with Gasteiger partial charge in [-0.15, -0.1) is 0 Å². The summed E-state index contributed by atoms with van der Waals surface area (Å²) >= 11 is 0. The van der Waals surface area contributed by atoms with Crippen molar-refractivity contribution >= 4 is 0 Å². The first kappa shape index (κ1) is 16.1. The molecule has 1 rings (SSSR count). The smallest absolute Gasteiger partial charge is 0.138 e. The van der Waals surface area contributed by atoms with Gasteiger partial charge in [0.1, 0.15) is 12.2 Å². The molecule has 0 bridgehead atoms. The number of aliphatic hydroxyl groups is 1. The molecule has 0 saturated carbocycles. The molecule has 0 aliphatic heterocycles. The highest BCUT2D eigenvalue weighted by Crippen LogP contribution is 2.26. The predicted octanol–water partition coefficient (Wildman–Crippen LogP) is 2.21. The highest BCUT2D eigenvalue weighted by Gasteiger charge is 2.32. The topological polar surface area (TPSA) is 60.2 Å². The average Bonchev–Trinajstić information content (AvgIpc) is 2.72. The van der Waals surface area contributed by atoms with E-state index in [1.807, 2.05) is 25.5 Å². The SMILES string of the molecule is CCOC(C(O)Cc1ncnn1C(C)C)C(C)(C)C. The molecule has 0 fully saturated rings. The number of hydrogen-bond donors (Lipinski definition) is 1. The van der Waals surface area contributed by atoms with E-state index in [4.69, 9.17) is 4.74 Å². The van der Waals surface area contributed by atoms with Gasteiger partial charge < -0.3 is 9.84 Å². The summed E-state index contributed by atoms with van der Waals surface area (Å²) in [5, 5.41) is 14.6. The molecule has 1 aromatic rings. The second-order valence-corrected chi connectivity index (χ2v) is 6.23. The minimum Gasteiger partial charge on any atom is -0.390 e. The molecular formula is C14H27N3O2. The van der Waals surface area contributed by atoms with Gasteiger partial charge in [0.2, 0.25) is 0 Å². The van der Waals surface area contributed by atoms with Gasteiger partial charge in [0.05, 0.1) is 12.2 Å². The molecule has 0 aromatic carbocycles. The van der Waals surface area contributed by atoms with Crippen molar-refractivity contribution in [3.8, 4) is 0 Å². The lowest BCUT2D eigenvalue weighted by molar-refractivity contribution is -0.0882. The number of nitrogens with zero attached hydrogens (tertiary/aromatic N) is 3. The molecule has 110 valence electrons. The van der Waals surface area contributed by atoms with E-state index < -0.39 is 6.10 Å². The van der Waals surface area contributed by atoms with Gasteiger partial charge in [0.25, 0.3) is 0 Å². The zero-order chi connectivity index (χ0) is 14.6. The second-order valence-electron chi connectivity index (χ2n) is 6.23. The highest BCUT2D eigenvalue weighted by molar-refractivity contribution is 4.93. The summed E-state index contributed by atoms with van der Waals surface area (Å²) in [4.78, 5) is 4.24. The van der Waals surface area contributed by atoms with Crippen LogP contribution < -0.4 is 0 Å². The van der Waals surface area contributed by atoms with Crippen LogP contribution in [0.2, 0.25) is 0 Å². The van der Waals surface area contributed by atoms with Crippen LogP contribution >= 0.6 is 0 Å². The molecule has 5 heteroatoms. The standard InChI is InChI=1S/C14H27N3O2/c1-7-19-13(14(4,5)6)11(18)8-12-15-9-16-17(12)10(2)3/h9-11,13,18H,7-8H2,1-6H3. The molecule has 0 spiro atoms. The third kappa shape index (κ3) is 4.28. The molecule has 0 radical (unpaired) electrons. The van der Waals surface area contributed by atoms with E-state index >= 15 is 0 Å². The van der Waals surface area contributed by atoms with Gasteiger partial charge in [-0.2, -0.15) is 5.10 Å². The van der Waals surface area contributed by atoms with Crippen molar-refractivity contribution in [2.75, 3.05) is 6.61 Å². The van der Waals surface area contributed by atoms with Crippen molar-refractivity contribution in [1.29, 1.82) is 0 Å². The van der Waals surface area contributed by atoms with Crippen LogP contribution in [0.3, 0.4) is 0 Å². The Morgan fingerprint density at radius 2 is 2.00 bits per heavy atom. The Labute approximate surface area is 116 Å². The zero-order valence-electron chi connectivity index (χ0n) is 12.9. The molecule has 0 saturated heterocycles. The first-order valence-corrected chi connectivity index (χ1v) is 6.95. The first-order valence-electron chi connectivity index (χ1n) is 6.95. The summed E-state index contributed by atoms with van der Waals surface area (Å²) in [5.41, 5.74) is -0.113. The van der Waals surface area contributed by atoms with Gasteiger partial charge in [-0.05, 0) is 26.2 Å². The Morgan fingerprint density at radius 1 is 1.37 bits per heavy atom. The van der Waals surface area contributed by atoms with E-state index in [-0.39, 0.29) is 17.6 Å². The Bertz CT molecular complexity index is 382. The van der Waals surface area contributed by atoms with E-state index in [1.165, 1.54) is 6.33 Å². The molecule has 19 heavy (non-hydrogen) atoms. The molecule has 2 atom stereocenters. The third-order valence-corrected chi connectivity index (χ3v) is 3.08. The van der Waals surface area contributed by atoms with Crippen LogP contribution in [0.15, 0.2) is 6.33 Å². The van der Waals surface area contributed by atoms with Gasteiger partial charge in [0, 0.05) is 19.1 Å². The number of aromatic nitrogens is 3. The van der Waals surface area contributed by atoms with Crippen molar-refractivity contribution in [3.63, 3.8) is 0 Å². The Morgan fingerprint density at radius 3 is 2.47 bits per heavy atom. The summed E-state index contributed by atoms with van der Waals surface area (Å²) in [7, 11) is 0. The summed E-state index contributed by atoms with van der Waals surface area (Å²) in [6.45, 7) is 12.9. The molecule has 1 aromatic heterocycles. The van der Waals surface area contributed by atoms with Crippen molar-refractivity contribution in [2.45, 2.75) is 66.2 Å². The van der Waals surface area contributed by atoms with Crippen LogP contribution in [-0.2, 0) is 11.2 Å². The fourth-order valence-corrected chi connectivity index (χ4v) is 2.26. The van der Waals surface area contributed by atoms with Crippen LogP contribution in [0.4, 0.5) is 0 Å². The maximum absolute atomic E-state index is 10.4. The third-order valence-electron chi connectivity index (χ3n) is 3.08. The molecule has 1 heterocycles. The second kappa shape index (κ2) is 6.48. The highest BCUT2D eigenvalue weighted by atomic mass is 16.5. The minimum atomic E-state index is -0.582. The fourth-order valence-electron chi connectivity index (χ4n) is 2.26. The van der Waals surface area contributed by atoms with E-state index in [1.54, 1.807) is 0 Å². The molecule has 5 nitrogen and oxygen atoms in total. The van der Waals surface area contributed by atoms with Gasteiger partial charge in [-0.1, -0.05) is 20.8 Å². The van der Waals surface area contributed by atoms with Crippen molar-refractivity contribution in [2.24, 2.45) is 5.41 Å². The number of aliphatic hydroxyl groups excluding tert-OH is 1. The summed E-state index contributed by atoms with van der Waals surface area (Å²) in [6, 6.07) is 0.241. The molecule has 0 amide bonds. The zero-order valence-corrected chi connectivity index (χ0v) is 12.9. The lowest BCUT2D eigenvalue weighted by Crippen LogP contribution is -2.41. The lowest BCUT2D eigenvalue weighted by atomic mass is 9.84. The summed E-state index contributed by atoms with van der Waals surface area (Å²) in [5.74, 6) is 0.802. The van der Waals surface area contributed by atoms with Crippen LogP contribution in [-0.4, -0.2) is 38.7 Å². The molecule has 2 unspecified atom stereocenters. The Balaban J connectivity index is 2.81. The predicted molar refractivity (Wildman–Crippen MR) is 75.0 cm³/mol. The Hall–Kier alpha value is -0.940. The van der Waals surface area contributed by atoms with Crippen molar-refractivity contribution < 1.29 is 9.84 Å². The van der Waals surface area contributed by atoms with Gasteiger partial charge in [-0.3, -0.25) is 0 Å². The summed E-state index contributed by atoms with van der Waals surface area (Å²) in [6.07, 6.45) is 1.20. The summed E-state index contributed by atoms with van der Waals surface area (Å²) < 4.78 is 7.55. The van der Waals surface area contributed by atoms with E-state index in [0.717, 1.165) is 5.82 Å². The van der Waals surface area contributed by atoms with Gasteiger partial charge in [-0.25, -0.2) is 9.67 Å². The minimum absolute atomic E-state index is 0.113. The van der Waals surface area contributed by atoms with Crippen molar-refractivity contribution in [3.05, 3.63) is 12.2 Å². The number of ether oxygens (including phenoxy) is 1. The first-order chi connectivity index (χ1) is 8.77. The molecule has 0 aliphatic rings. The van der Waals surface area contributed by atoms with E-state index in [9.17, 15) is 5.11 Å².